The number of guanidine groups is 2. The van der Waals surface area contributed by atoms with Gasteiger partial charge in [-0.2, -0.15) is 0 Å². The highest BCUT2D eigenvalue weighted by Gasteiger charge is 2.18. The molecule has 3 aromatic carbocycles. The molecule has 0 atom stereocenters. The summed E-state index contributed by atoms with van der Waals surface area (Å²) in [5, 5.41) is 7.34. The highest BCUT2D eigenvalue weighted by molar-refractivity contribution is 6.32. The molecule has 0 spiro atoms. The largest absolute Gasteiger partial charge is 0.491 e. The first-order valence-electron chi connectivity index (χ1n) is 25.7. The molecule has 0 unspecified atom stereocenters. The number of ether oxygens (including phenoxy) is 7. The van der Waals surface area contributed by atoms with Crippen molar-refractivity contribution in [3.05, 3.63) is 111 Å². The molecule has 0 aliphatic carbocycles. The summed E-state index contributed by atoms with van der Waals surface area (Å²) in [6.07, 6.45) is 4.12. The second-order valence-electron chi connectivity index (χ2n) is 17.1. The van der Waals surface area contributed by atoms with Gasteiger partial charge in [0, 0.05) is 18.8 Å². The van der Waals surface area contributed by atoms with Gasteiger partial charge in [0.05, 0.1) is 52.9 Å². The second kappa shape index (κ2) is 35.9. The van der Waals surface area contributed by atoms with E-state index in [1.807, 2.05) is 48.5 Å². The molecule has 442 valence electrons. The highest BCUT2D eigenvalue weighted by Crippen LogP contribution is 2.20. The molecule has 2 heterocycles. The molecule has 0 aliphatic heterocycles. The molecular formula is C51H68Cl2N17O12+. The van der Waals surface area contributed by atoms with Crippen LogP contribution in [0.15, 0.2) is 82.8 Å². The Morgan fingerprint density at radius 2 is 0.902 bits per heavy atom. The van der Waals surface area contributed by atoms with Crippen molar-refractivity contribution in [1.29, 1.82) is 0 Å². The van der Waals surface area contributed by atoms with Gasteiger partial charge in [0.1, 0.15) is 41.9 Å². The summed E-state index contributed by atoms with van der Waals surface area (Å²) in [4.78, 5) is 77.7. The number of hydrazine groups is 1. The van der Waals surface area contributed by atoms with Gasteiger partial charge in [0.25, 0.3) is 11.8 Å². The van der Waals surface area contributed by atoms with Crippen LogP contribution < -0.4 is 65.3 Å². The van der Waals surface area contributed by atoms with E-state index in [4.69, 9.17) is 95.6 Å². The van der Waals surface area contributed by atoms with Crippen LogP contribution in [0, 0.1) is 4.91 Å². The summed E-state index contributed by atoms with van der Waals surface area (Å²) in [5.41, 5.74) is 39.4. The van der Waals surface area contributed by atoms with E-state index in [1.54, 1.807) is 24.3 Å². The molecule has 0 saturated heterocycles. The standard InChI is InChI=1S/C51H67Cl2N17O12/c52-41-45(56)65-43(54)39(63-41)47(71)67-49(58)60-19-3-1-5-33-7-15-37(16-8-33)79-29-25-75-21-22-77-27-31-81-51(73)62-35-11-13-36(14-12-35)69-70(74)82-32-28-78-24-23-76-26-30-80-38-17-9-34(10-18-38)6-2-4-20-61-50(59)68-48(72)40-44(55)66-46(57)42(53)64-40/h7-18H,1-6,19-32H2,(H15-,54,55,56,57,58,59,60,61,62,63,64,65,66,67,68,69,71,72,73,74)/p+1. The van der Waals surface area contributed by atoms with E-state index in [1.165, 1.54) is 0 Å². The Hall–Kier alpha value is -8.61. The third-order valence-electron chi connectivity index (χ3n) is 10.9. The number of aromatic nitrogens is 4. The Labute approximate surface area is 482 Å². The molecule has 0 radical (unpaired) electrons. The van der Waals surface area contributed by atoms with Gasteiger partial charge in [-0.1, -0.05) is 52.9 Å². The number of aliphatic imine (C=N–C) groups is 2. The maximum atomic E-state index is 12.4. The zero-order valence-corrected chi connectivity index (χ0v) is 46.3. The number of halogens is 2. The third-order valence-corrected chi connectivity index (χ3v) is 11.4. The van der Waals surface area contributed by atoms with Crippen LogP contribution in [0.5, 0.6) is 11.5 Å². The molecule has 0 fully saturated rings. The molecule has 0 bridgehead atoms. The fraction of sp³-hybridized carbons (Fsp3) is 0.392. The first kappa shape index (κ1) is 64.2. The zero-order chi connectivity index (χ0) is 58.9. The van der Waals surface area contributed by atoms with Crippen molar-refractivity contribution in [3.8, 4) is 11.5 Å². The van der Waals surface area contributed by atoms with Gasteiger partial charge in [-0.3, -0.25) is 35.5 Å². The van der Waals surface area contributed by atoms with Crippen LogP contribution in [0.2, 0.25) is 10.3 Å². The van der Waals surface area contributed by atoms with Crippen molar-refractivity contribution >= 4 is 87.7 Å². The van der Waals surface area contributed by atoms with E-state index in [9.17, 15) is 19.3 Å². The fourth-order valence-electron chi connectivity index (χ4n) is 6.81. The molecule has 16 N–H and O–H groups in total. The lowest BCUT2D eigenvalue weighted by molar-refractivity contribution is -0.783. The van der Waals surface area contributed by atoms with Crippen molar-refractivity contribution in [3.63, 3.8) is 0 Å². The molecule has 29 nitrogen and oxygen atoms in total. The second-order valence-corrected chi connectivity index (χ2v) is 17.8. The average Bonchev–Trinajstić information content (AvgIpc) is 3.58. The lowest BCUT2D eigenvalue weighted by Crippen LogP contribution is -2.38. The number of hydrogen-bond donors (Lipinski definition) is 10. The Balaban J connectivity index is 0.772. The molecule has 3 amide bonds. The number of nitrogen functional groups attached to an aromatic ring is 4. The SMILES string of the molecule is NC(=NCCCCc1ccc(OCCOCCOCCOC(=O)Nc2ccc(N[N+](=O)OCCOCCOCCOc3ccc(CCCCN=C(N)NC(=O)c4nc(Cl)c(N)nc4N)cc3)cc2)cc1)NC(=O)c1nc(Cl)c(N)nc1N. The smallest absolute Gasteiger partial charge is 0.411 e. The average molecular weight is 1180 g/mol. The fourth-order valence-corrected chi connectivity index (χ4v) is 7.06. The number of aryl methyl sites for hydroxylation is 2. The van der Waals surface area contributed by atoms with Gasteiger partial charge in [-0.25, -0.2) is 29.6 Å². The summed E-state index contributed by atoms with van der Waals surface area (Å²) >= 11 is 11.7. The molecule has 0 saturated carbocycles. The number of unbranched alkanes of at least 4 members (excludes halogenated alkanes) is 2. The minimum Gasteiger partial charge on any atom is -0.491 e. The lowest BCUT2D eigenvalue weighted by atomic mass is 10.1. The van der Waals surface area contributed by atoms with Crippen molar-refractivity contribution in [2.45, 2.75) is 38.5 Å². The number of nitrogens with one attached hydrogen (secondary N) is 4. The molecule has 31 heteroatoms. The number of benzene rings is 3. The van der Waals surface area contributed by atoms with Crippen molar-refractivity contribution < 1.29 is 57.4 Å². The molecule has 82 heavy (non-hydrogen) atoms. The predicted molar refractivity (Wildman–Crippen MR) is 307 cm³/mol. The van der Waals surface area contributed by atoms with Crippen LogP contribution in [0.4, 0.5) is 39.4 Å². The maximum absolute atomic E-state index is 12.4. The van der Waals surface area contributed by atoms with Gasteiger partial charge in [0.2, 0.25) is 0 Å². The summed E-state index contributed by atoms with van der Waals surface area (Å²) in [6.45, 7) is 3.82. The molecule has 5 rings (SSSR count). The number of anilines is 6. The molecule has 0 aliphatic rings. The maximum Gasteiger partial charge on any atom is 0.411 e. The van der Waals surface area contributed by atoms with Crippen LogP contribution in [0.25, 0.3) is 0 Å². The van der Waals surface area contributed by atoms with E-state index >= 15 is 0 Å². The van der Waals surface area contributed by atoms with Gasteiger partial charge < -0.3 is 67.6 Å². The van der Waals surface area contributed by atoms with Crippen molar-refractivity contribution in [2.75, 3.05) is 126 Å². The van der Waals surface area contributed by atoms with Crippen LogP contribution in [-0.4, -0.2) is 147 Å². The topological polar surface area (TPSA) is 426 Å². The Kier molecular flexibility index (Phi) is 28.1. The lowest BCUT2D eigenvalue weighted by Gasteiger charge is -2.09. The summed E-state index contributed by atoms with van der Waals surface area (Å²) in [6, 6.07) is 21.8. The van der Waals surface area contributed by atoms with Gasteiger partial charge in [0.15, 0.2) is 63.5 Å². The Morgan fingerprint density at radius 3 is 1.35 bits per heavy atom. The number of hydrogen-bond acceptors (Lipinski definition) is 22. The van der Waals surface area contributed by atoms with Gasteiger partial charge >= 0.3 is 11.1 Å². The number of nitrogens with two attached hydrogens (primary N) is 6. The number of carbonyl (C=O) groups excluding carboxylic acids is 3. The number of rotatable bonds is 36. The Morgan fingerprint density at radius 1 is 0.500 bits per heavy atom. The minimum atomic E-state index is -0.695. The highest BCUT2D eigenvalue weighted by atomic mass is 35.5. The first-order valence-corrected chi connectivity index (χ1v) is 26.4. The van der Waals surface area contributed by atoms with Gasteiger partial charge in [-0.15, -0.1) is 0 Å². The summed E-state index contributed by atoms with van der Waals surface area (Å²) < 4.78 is 38.7. The summed E-state index contributed by atoms with van der Waals surface area (Å²) in [7, 11) is 0. The number of amides is 3. The quantitative estimate of drug-likeness (QED) is 0.0118. The zero-order valence-electron chi connectivity index (χ0n) is 44.8. The van der Waals surface area contributed by atoms with Crippen molar-refractivity contribution in [2.24, 2.45) is 21.5 Å². The summed E-state index contributed by atoms with van der Waals surface area (Å²) in [5.74, 6) is -0.643. The Bertz CT molecular complexity index is 2680. The predicted octanol–water partition coefficient (Wildman–Crippen LogP) is 3.85. The van der Waals surface area contributed by atoms with Crippen LogP contribution in [-0.2, 0) is 41.4 Å². The van der Waals surface area contributed by atoms with E-state index in [0.717, 1.165) is 49.7 Å². The van der Waals surface area contributed by atoms with Crippen molar-refractivity contribution in [1.82, 2.24) is 30.6 Å². The first-order chi connectivity index (χ1) is 39.6. The monoisotopic (exact) mass is 1180 g/mol. The van der Waals surface area contributed by atoms with E-state index < -0.39 is 17.9 Å². The van der Waals surface area contributed by atoms with E-state index in [0.29, 0.717) is 88.8 Å². The van der Waals surface area contributed by atoms with Crippen LogP contribution >= 0.6 is 23.2 Å². The molecule has 5 aromatic rings. The van der Waals surface area contributed by atoms with Gasteiger partial charge in [-0.05, 0) is 98.2 Å². The van der Waals surface area contributed by atoms with Crippen LogP contribution in [0.3, 0.4) is 0 Å². The van der Waals surface area contributed by atoms with E-state index in [2.05, 4.69) is 51.3 Å². The normalized spacial score (nSPS) is 11.4. The number of nitrogens with zero attached hydrogens (tertiary/aromatic N) is 7. The molecular weight excluding hydrogens is 1110 g/mol. The number of carbonyl (C=O) groups is 3. The van der Waals surface area contributed by atoms with Crippen LogP contribution in [0.1, 0.15) is 57.8 Å². The van der Waals surface area contributed by atoms with E-state index in [-0.39, 0.29) is 88.3 Å². The third kappa shape index (κ3) is 24.8. The minimum absolute atomic E-state index is 0.00658. The molecule has 2 aromatic heterocycles.